The Bertz CT molecular complexity index is 1950. The highest BCUT2D eigenvalue weighted by Gasteiger charge is 2.45. The summed E-state index contributed by atoms with van der Waals surface area (Å²) in [5.74, 6) is 0.174. The summed E-state index contributed by atoms with van der Waals surface area (Å²) in [6, 6.07) is 22.4. The number of rotatable bonds is 7. The van der Waals surface area contributed by atoms with E-state index in [1.165, 1.54) is 5.56 Å². The van der Waals surface area contributed by atoms with Crippen LogP contribution >= 0.6 is 11.6 Å². The first kappa shape index (κ1) is 33.7. The zero-order valence-electron chi connectivity index (χ0n) is 28.5. The molecule has 1 atom stereocenters. The van der Waals surface area contributed by atoms with Crippen LogP contribution in [0.5, 0.6) is 5.75 Å². The second-order valence-electron chi connectivity index (χ2n) is 14.4. The van der Waals surface area contributed by atoms with E-state index < -0.39 is 6.04 Å². The fourth-order valence-corrected chi connectivity index (χ4v) is 7.87. The van der Waals surface area contributed by atoms with Crippen molar-refractivity contribution in [3.63, 3.8) is 0 Å². The molecule has 1 unspecified atom stereocenters. The number of carbonyl (C=O) groups excluding carboxylic acids is 3. The van der Waals surface area contributed by atoms with Gasteiger partial charge < -0.3 is 20.1 Å². The van der Waals surface area contributed by atoms with Gasteiger partial charge in [-0.25, -0.2) is 0 Å². The summed E-state index contributed by atoms with van der Waals surface area (Å²) in [6.07, 6.45) is 4.40. The van der Waals surface area contributed by atoms with Crippen molar-refractivity contribution in [2.75, 3.05) is 6.54 Å². The summed E-state index contributed by atoms with van der Waals surface area (Å²) >= 11 is 7.06. The molecule has 3 aromatic carbocycles. The first-order valence-corrected chi connectivity index (χ1v) is 17.7. The highest BCUT2D eigenvalue weighted by molar-refractivity contribution is 6.31. The molecule has 0 bridgehead atoms. The molecule has 0 radical (unpaired) electrons. The summed E-state index contributed by atoms with van der Waals surface area (Å²) in [4.78, 5) is 45.7. The largest absolute Gasteiger partial charge is 0.510 e. The van der Waals surface area contributed by atoms with Gasteiger partial charge in [0.25, 0.3) is 0 Å². The predicted molar refractivity (Wildman–Crippen MR) is 192 cm³/mol. The molecule has 0 saturated carbocycles. The van der Waals surface area contributed by atoms with Gasteiger partial charge in [0.2, 0.25) is 11.8 Å². The molecule has 2 aliphatic heterocycles. The number of hydrogen-bond donors (Lipinski definition) is 2. The molecule has 7 rings (SSSR count). The Hall–Kier alpha value is -4.82. The van der Waals surface area contributed by atoms with Crippen LogP contribution in [0.15, 0.2) is 107 Å². The standard InChI is InChI=1S/C41H42ClN3O5/c1-41(2)22-32-38(35(47)23-41)40(30-16-15-29(21-31(30)42)50-25-26-9-4-3-5-10-26)45(33-13-8-14-34(46)39(33)43-32)37(49)18-17-36(48)44-20-19-27-11-6-7-12-28(27)24-44/h3-7,9-13,15-16,21,40,43,46H,8,14,17-20,22-25H2,1-2H3. The molecular formula is C41H42ClN3O5. The number of aliphatic hydroxyl groups is 1. The van der Waals surface area contributed by atoms with Gasteiger partial charge >= 0.3 is 0 Å². The quantitative estimate of drug-likeness (QED) is 0.262. The Morgan fingerprint density at radius 2 is 1.70 bits per heavy atom. The van der Waals surface area contributed by atoms with Crippen LogP contribution in [-0.4, -0.2) is 39.0 Å². The molecule has 0 fully saturated rings. The van der Waals surface area contributed by atoms with Gasteiger partial charge in [0.1, 0.15) is 23.8 Å². The van der Waals surface area contributed by atoms with E-state index in [1.807, 2.05) is 85.5 Å². The van der Waals surface area contributed by atoms with E-state index in [0.29, 0.717) is 84.4 Å². The van der Waals surface area contributed by atoms with Crippen LogP contribution in [0.3, 0.4) is 0 Å². The number of benzene rings is 3. The lowest BCUT2D eigenvalue weighted by Crippen LogP contribution is -2.40. The van der Waals surface area contributed by atoms with Gasteiger partial charge in [0, 0.05) is 55.1 Å². The third-order valence-corrected chi connectivity index (χ3v) is 10.4. The number of amides is 2. The van der Waals surface area contributed by atoms with Crippen LogP contribution in [0, 0.1) is 5.41 Å². The second-order valence-corrected chi connectivity index (χ2v) is 14.8. The zero-order chi connectivity index (χ0) is 35.0. The molecule has 50 heavy (non-hydrogen) atoms. The van der Waals surface area contributed by atoms with Gasteiger partial charge in [-0.2, -0.15) is 0 Å². The van der Waals surface area contributed by atoms with E-state index in [-0.39, 0.29) is 41.6 Å². The highest BCUT2D eigenvalue weighted by atomic mass is 35.5. The summed E-state index contributed by atoms with van der Waals surface area (Å²) in [5.41, 5.74) is 5.65. The van der Waals surface area contributed by atoms with E-state index in [1.54, 1.807) is 11.0 Å². The topological polar surface area (TPSA) is 99.2 Å². The molecule has 4 aliphatic rings. The van der Waals surface area contributed by atoms with Crippen LogP contribution in [0.4, 0.5) is 0 Å². The first-order chi connectivity index (χ1) is 24.1. The van der Waals surface area contributed by atoms with Crippen molar-refractivity contribution in [3.8, 4) is 5.75 Å². The summed E-state index contributed by atoms with van der Waals surface area (Å²) in [5, 5.41) is 15.0. The van der Waals surface area contributed by atoms with E-state index in [0.717, 1.165) is 17.5 Å². The molecular weight excluding hydrogens is 650 g/mol. The van der Waals surface area contributed by atoms with Crippen LogP contribution in [0.2, 0.25) is 5.02 Å². The van der Waals surface area contributed by atoms with Gasteiger partial charge in [-0.15, -0.1) is 0 Å². The number of nitrogens with one attached hydrogen (secondary N) is 1. The molecule has 2 aliphatic carbocycles. The SMILES string of the molecule is CC1(C)CC(=O)C2=C(C1)NC1=C(O)CCC=C1N(C(=O)CCC(=O)N1CCc3ccccc3C1)C2c1ccc(OCc2ccccc2)cc1Cl. The highest BCUT2D eigenvalue weighted by Crippen LogP contribution is 2.49. The monoisotopic (exact) mass is 691 g/mol. The van der Waals surface area contributed by atoms with Crippen molar-refractivity contribution in [2.24, 2.45) is 5.41 Å². The fraction of sp³-hybridized carbons (Fsp3) is 0.341. The minimum absolute atomic E-state index is 0.0167. The van der Waals surface area contributed by atoms with Crippen LogP contribution in [-0.2, 0) is 34.0 Å². The number of fused-ring (bicyclic) bond motifs is 2. The van der Waals surface area contributed by atoms with Gasteiger partial charge in [-0.1, -0.05) is 92.2 Å². The number of halogens is 1. The number of ketones is 1. The number of allylic oxidation sites excluding steroid dienone is 3. The lowest BCUT2D eigenvalue weighted by molar-refractivity contribution is -0.137. The Morgan fingerprint density at radius 1 is 0.960 bits per heavy atom. The third-order valence-electron chi connectivity index (χ3n) is 10.1. The van der Waals surface area contributed by atoms with E-state index >= 15 is 0 Å². The fourth-order valence-electron chi connectivity index (χ4n) is 7.59. The predicted octanol–water partition coefficient (Wildman–Crippen LogP) is 7.85. The number of carbonyl (C=O) groups is 3. The van der Waals surface area contributed by atoms with E-state index in [4.69, 9.17) is 16.3 Å². The third kappa shape index (κ3) is 6.81. The number of Topliss-reactive ketones (excluding diaryl/α,β-unsaturated/α-hetero) is 1. The number of aliphatic hydroxyl groups excluding tert-OH is 1. The van der Waals surface area contributed by atoms with Crippen molar-refractivity contribution in [2.45, 2.75) is 78.0 Å². The maximum absolute atomic E-state index is 14.6. The second kappa shape index (κ2) is 13.8. The molecule has 0 aromatic heterocycles. The lowest BCUT2D eigenvalue weighted by atomic mass is 9.73. The van der Waals surface area contributed by atoms with Crippen molar-refractivity contribution in [1.29, 1.82) is 0 Å². The molecule has 8 nitrogen and oxygen atoms in total. The van der Waals surface area contributed by atoms with E-state index in [2.05, 4.69) is 11.4 Å². The van der Waals surface area contributed by atoms with Crippen LogP contribution in [0.1, 0.15) is 80.7 Å². The van der Waals surface area contributed by atoms with Gasteiger partial charge in [0.15, 0.2) is 5.78 Å². The minimum atomic E-state index is -0.879. The molecule has 2 heterocycles. The average molecular weight is 692 g/mol. The van der Waals surface area contributed by atoms with Crippen LogP contribution < -0.4 is 10.1 Å². The number of ether oxygens (including phenoxy) is 1. The lowest BCUT2D eigenvalue weighted by Gasteiger charge is -2.38. The first-order valence-electron chi connectivity index (χ1n) is 17.4. The molecule has 3 aromatic rings. The smallest absolute Gasteiger partial charge is 0.228 e. The van der Waals surface area contributed by atoms with Crippen molar-refractivity contribution in [1.82, 2.24) is 15.1 Å². The van der Waals surface area contributed by atoms with Gasteiger partial charge in [-0.3, -0.25) is 19.3 Å². The zero-order valence-corrected chi connectivity index (χ0v) is 29.3. The van der Waals surface area contributed by atoms with Crippen molar-refractivity contribution in [3.05, 3.63) is 135 Å². The Kier molecular flexibility index (Phi) is 9.31. The molecule has 2 amide bonds. The molecule has 0 spiro atoms. The Balaban J connectivity index is 1.24. The average Bonchev–Trinajstić information content (AvgIpc) is 3.24. The molecule has 0 saturated heterocycles. The van der Waals surface area contributed by atoms with Crippen LogP contribution in [0.25, 0.3) is 0 Å². The summed E-state index contributed by atoms with van der Waals surface area (Å²) in [7, 11) is 0. The van der Waals surface area contributed by atoms with Gasteiger partial charge in [-0.05, 0) is 59.1 Å². The maximum Gasteiger partial charge on any atom is 0.228 e. The van der Waals surface area contributed by atoms with E-state index in [9.17, 15) is 19.5 Å². The van der Waals surface area contributed by atoms with Crippen molar-refractivity contribution < 1.29 is 24.2 Å². The normalized spacial score (nSPS) is 19.9. The Labute approximate surface area is 298 Å². The molecule has 258 valence electrons. The van der Waals surface area contributed by atoms with Crippen molar-refractivity contribution >= 4 is 29.2 Å². The minimum Gasteiger partial charge on any atom is -0.510 e. The summed E-state index contributed by atoms with van der Waals surface area (Å²) < 4.78 is 6.06. The summed E-state index contributed by atoms with van der Waals surface area (Å²) in [6.45, 7) is 5.55. The van der Waals surface area contributed by atoms with Gasteiger partial charge in [0.05, 0.1) is 11.7 Å². The number of nitrogens with zero attached hydrogens (tertiary/aromatic N) is 2. The molecule has 9 heteroatoms. The molecule has 2 N–H and O–H groups in total. The Morgan fingerprint density at radius 3 is 2.48 bits per heavy atom. The number of hydrogen-bond acceptors (Lipinski definition) is 6. The maximum atomic E-state index is 14.6.